The van der Waals surface area contributed by atoms with E-state index in [-0.39, 0.29) is 22.2 Å². The van der Waals surface area contributed by atoms with Crippen molar-refractivity contribution in [3.63, 3.8) is 0 Å². The summed E-state index contributed by atoms with van der Waals surface area (Å²) in [5, 5.41) is 0.863. The van der Waals surface area contributed by atoms with Gasteiger partial charge in [0, 0.05) is 76.8 Å². The summed E-state index contributed by atoms with van der Waals surface area (Å²) in [7, 11) is 1.95. The van der Waals surface area contributed by atoms with E-state index < -0.39 is 25.8 Å². The van der Waals surface area contributed by atoms with Gasteiger partial charge in [-0.2, -0.15) is 4.39 Å². The van der Waals surface area contributed by atoms with Gasteiger partial charge < -0.3 is 15.2 Å². The first-order valence-corrected chi connectivity index (χ1v) is 11.9. The summed E-state index contributed by atoms with van der Waals surface area (Å²) in [5.74, 6) is -1.79. The number of rotatable bonds is 5. The van der Waals surface area contributed by atoms with Crippen LogP contribution in [-0.4, -0.2) is 57.3 Å². The minimum atomic E-state index is -3.10. The van der Waals surface area contributed by atoms with Crippen LogP contribution in [0, 0.1) is 5.95 Å². The van der Waals surface area contributed by atoms with Crippen molar-refractivity contribution in [3.05, 3.63) is 83.6 Å². The zero-order chi connectivity index (χ0) is 31.3. The highest BCUT2D eigenvalue weighted by atomic mass is 19.1. The van der Waals surface area contributed by atoms with Gasteiger partial charge in [-0.25, -0.2) is 9.97 Å². The van der Waals surface area contributed by atoms with E-state index in [1.54, 1.807) is 24.4 Å². The fourth-order valence-electron chi connectivity index (χ4n) is 4.90. The normalized spacial score (nSPS) is 18.1. The van der Waals surface area contributed by atoms with Gasteiger partial charge in [0.2, 0.25) is 5.95 Å². The van der Waals surface area contributed by atoms with Crippen LogP contribution in [0.4, 0.5) is 10.1 Å². The smallest absolute Gasteiger partial charge is 0.253 e. The molecule has 0 unspecified atom stereocenters. The summed E-state index contributed by atoms with van der Waals surface area (Å²) in [5.41, 5.74) is 10.6. The van der Waals surface area contributed by atoms with E-state index in [1.807, 2.05) is 17.7 Å². The molecule has 2 N–H and O–H groups in total. The number of carbonyl (C=O) groups excluding carboxylic acids is 1. The Labute approximate surface area is 224 Å². The minimum Gasteiger partial charge on any atom is -0.395 e. The average molecular weight is 505 g/mol. The maximum atomic E-state index is 14.1. The zero-order valence-electron chi connectivity index (χ0n) is 26.6. The molecule has 8 heteroatoms. The number of nitrogen functional groups attached to an aromatic ring is 1. The Morgan fingerprint density at radius 2 is 1.97 bits per heavy atom. The summed E-state index contributed by atoms with van der Waals surface area (Å²) in [6.45, 7) is -2.66. The van der Waals surface area contributed by atoms with Gasteiger partial charge in [-0.1, -0.05) is 18.2 Å². The van der Waals surface area contributed by atoms with Gasteiger partial charge in [-0.05, 0) is 60.9 Å². The molecule has 0 spiro atoms. The van der Waals surface area contributed by atoms with Crippen molar-refractivity contribution in [1.82, 2.24) is 24.3 Å². The van der Waals surface area contributed by atoms with Gasteiger partial charge in [-0.3, -0.25) is 9.69 Å². The second-order valence-corrected chi connectivity index (χ2v) is 9.17. The van der Waals surface area contributed by atoms with Gasteiger partial charge in [0.1, 0.15) is 5.65 Å². The lowest BCUT2D eigenvalue weighted by atomic mass is 9.97. The Bertz CT molecular complexity index is 1700. The lowest BCUT2D eigenvalue weighted by molar-refractivity contribution is 0.0827. The predicted octanol–water partition coefficient (Wildman–Crippen LogP) is 4.91. The molecule has 7 nitrogen and oxygen atoms in total. The van der Waals surface area contributed by atoms with E-state index in [1.165, 1.54) is 18.2 Å². The molecule has 4 aromatic rings. The highest BCUT2D eigenvalue weighted by molar-refractivity contribution is 5.94. The monoisotopic (exact) mass is 504 g/mol. The molecule has 0 radical (unpaired) electrons. The molecule has 0 fully saturated rings. The summed E-state index contributed by atoms with van der Waals surface area (Å²) in [6, 6.07) is 13.4. The Morgan fingerprint density at radius 1 is 1.19 bits per heavy atom. The fourth-order valence-corrected chi connectivity index (χ4v) is 4.90. The van der Waals surface area contributed by atoms with Gasteiger partial charge in [0.05, 0.1) is 11.4 Å². The topological polar surface area (TPSA) is 80.3 Å². The van der Waals surface area contributed by atoms with Crippen LogP contribution in [0.5, 0.6) is 0 Å². The number of pyridine rings is 2. The highest BCUT2D eigenvalue weighted by Gasteiger charge is 2.24. The number of halogens is 1. The number of amides is 1. The van der Waals surface area contributed by atoms with E-state index in [2.05, 4.69) is 33.9 Å². The number of aryl methyl sites for hydroxylation is 1. The van der Waals surface area contributed by atoms with Crippen molar-refractivity contribution in [1.29, 1.82) is 0 Å². The number of aromatic nitrogens is 3. The van der Waals surface area contributed by atoms with Crippen molar-refractivity contribution in [2.24, 2.45) is 7.05 Å². The third kappa shape index (κ3) is 4.60. The lowest BCUT2D eigenvalue weighted by Gasteiger charge is -2.32. The van der Waals surface area contributed by atoms with Crippen molar-refractivity contribution >= 4 is 28.2 Å². The maximum absolute atomic E-state index is 14.1. The molecule has 4 heterocycles. The Hall–Kier alpha value is -4.04. The number of hydrogen-bond donors (Lipinski definition) is 1. The average Bonchev–Trinajstić information content (AvgIpc) is 3.29. The first kappa shape index (κ1) is 18.2. The standard InChI is InChI=1S/C29H31FN6O/c1-18(36-15-12-20(13-16-36)19-5-7-21(8-6-19)29(37)34(2)3)26-17-23-22(11-14-32-28(23)35(26)4)25-10-9-24(31)27(30)33-25/h5-12,14,17-18H,13,15-16,31H2,1-4H3/t18-/m0/s1/i2D3,3D3. The summed E-state index contributed by atoms with van der Waals surface area (Å²) in [6.07, 6.45) is 4.53. The number of nitrogens with zero attached hydrogens (tertiary/aromatic N) is 5. The van der Waals surface area contributed by atoms with Crippen molar-refractivity contribution in [2.75, 3.05) is 32.8 Å². The number of carbonyl (C=O) groups is 1. The fraction of sp³-hybridized carbons (Fsp3) is 0.276. The Kier molecular flexibility index (Phi) is 4.82. The molecule has 5 rings (SSSR count). The Morgan fingerprint density at radius 3 is 2.65 bits per heavy atom. The van der Waals surface area contributed by atoms with Crippen LogP contribution in [-0.2, 0) is 7.05 Å². The van der Waals surface area contributed by atoms with E-state index in [4.69, 9.17) is 14.0 Å². The quantitative estimate of drug-likeness (QED) is 0.391. The van der Waals surface area contributed by atoms with Gasteiger partial charge in [-0.15, -0.1) is 0 Å². The molecular formula is C29H31FN6O. The lowest BCUT2D eigenvalue weighted by Crippen LogP contribution is -2.32. The molecule has 3 aromatic heterocycles. The summed E-state index contributed by atoms with van der Waals surface area (Å²) >= 11 is 0. The summed E-state index contributed by atoms with van der Waals surface area (Å²) in [4.78, 5) is 23.6. The van der Waals surface area contributed by atoms with Crippen LogP contribution in [0.15, 0.2) is 60.8 Å². The van der Waals surface area contributed by atoms with Crippen molar-refractivity contribution < 1.29 is 17.4 Å². The van der Waals surface area contributed by atoms with Crippen LogP contribution in [0.1, 0.15) is 49.2 Å². The molecular weight excluding hydrogens is 467 g/mol. The third-order valence-corrected chi connectivity index (χ3v) is 7.04. The van der Waals surface area contributed by atoms with Crippen LogP contribution in [0.3, 0.4) is 0 Å². The first-order chi connectivity index (χ1) is 20.2. The summed E-state index contributed by atoms with van der Waals surface area (Å²) < 4.78 is 61.1. The van der Waals surface area contributed by atoms with E-state index in [9.17, 15) is 9.18 Å². The number of benzene rings is 1. The molecule has 0 saturated heterocycles. The van der Waals surface area contributed by atoms with Crippen LogP contribution in [0.2, 0.25) is 0 Å². The van der Waals surface area contributed by atoms with Gasteiger partial charge in [0.25, 0.3) is 5.91 Å². The van der Waals surface area contributed by atoms with Crippen LogP contribution >= 0.6 is 0 Å². The molecule has 1 amide bonds. The van der Waals surface area contributed by atoms with E-state index in [0.29, 0.717) is 12.2 Å². The molecule has 0 aliphatic carbocycles. The molecule has 1 aliphatic rings. The number of anilines is 1. The predicted molar refractivity (Wildman–Crippen MR) is 145 cm³/mol. The van der Waals surface area contributed by atoms with E-state index >= 15 is 0 Å². The number of fused-ring (bicyclic) bond motifs is 1. The van der Waals surface area contributed by atoms with Crippen molar-refractivity contribution in [3.8, 4) is 11.3 Å². The zero-order valence-corrected chi connectivity index (χ0v) is 20.6. The highest BCUT2D eigenvalue weighted by Crippen LogP contribution is 2.34. The minimum absolute atomic E-state index is 0.00740. The first-order valence-electron chi connectivity index (χ1n) is 14.9. The largest absolute Gasteiger partial charge is 0.395 e. The molecule has 0 bridgehead atoms. The van der Waals surface area contributed by atoms with Gasteiger partial charge >= 0.3 is 0 Å². The van der Waals surface area contributed by atoms with E-state index in [0.717, 1.165) is 46.4 Å². The second kappa shape index (κ2) is 9.78. The second-order valence-electron chi connectivity index (χ2n) is 9.17. The number of nitrogens with two attached hydrogens (primary N) is 1. The van der Waals surface area contributed by atoms with Crippen LogP contribution in [0.25, 0.3) is 27.9 Å². The molecule has 1 atom stereocenters. The maximum Gasteiger partial charge on any atom is 0.253 e. The molecule has 190 valence electrons. The molecule has 0 saturated carbocycles. The third-order valence-electron chi connectivity index (χ3n) is 7.04. The molecule has 1 aromatic carbocycles. The molecule has 37 heavy (non-hydrogen) atoms. The van der Waals surface area contributed by atoms with Gasteiger partial charge in [0.15, 0.2) is 0 Å². The van der Waals surface area contributed by atoms with Crippen LogP contribution < -0.4 is 5.73 Å². The molecule has 1 aliphatic heterocycles. The SMILES string of the molecule is [2H]C([2H])([2H])N(C(=O)c1ccc(C2=CCN([C@@H](C)c3cc4c(-c5ccc(N)c(F)n5)ccnc4n3C)CC2)cc1)C([2H])([2H])[2H]. The number of hydrogen-bond acceptors (Lipinski definition) is 5. The Balaban J connectivity index is 1.34. The van der Waals surface area contributed by atoms with Crippen molar-refractivity contribution in [2.45, 2.75) is 19.4 Å².